The summed E-state index contributed by atoms with van der Waals surface area (Å²) in [7, 11) is -3.44. The van der Waals surface area contributed by atoms with Crippen LogP contribution in [0.15, 0.2) is 52.4 Å². The number of hydrogen-bond donors (Lipinski definition) is 0. The predicted octanol–water partition coefficient (Wildman–Crippen LogP) is 5.16. The van der Waals surface area contributed by atoms with Crippen LogP contribution in [-0.4, -0.2) is 32.0 Å². The van der Waals surface area contributed by atoms with Gasteiger partial charge in [-0.15, -0.1) is 0 Å². The van der Waals surface area contributed by atoms with E-state index in [4.69, 9.17) is 23.2 Å². The molecule has 0 radical (unpaired) electrons. The summed E-state index contributed by atoms with van der Waals surface area (Å²) >= 11 is 12.1. The largest absolute Gasteiger partial charge is 0.256 e. The number of sulfonamides is 1. The summed E-state index contributed by atoms with van der Waals surface area (Å²) in [6, 6.07) is 11.9. The van der Waals surface area contributed by atoms with E-state index < -0.39 is 10.0 Å². The van der Waals surface area contributed by atoms with Crippen LogP contribution in [0.1, 0.15) is 25.3 Å². The van der Waals surface area contributed by atoms with Gasteiger partial charge in [0.25, 0.3) is 0 Å². The Balaban J connectivity index is 1.76. The molecule has 2 aromatic carbocycles. The lowest BCUT2D eigenvalue weighted by Gasteiger charge is -2.29. The maximum atomic E-state index is 12.7. The van der Waals surface area contributed by atoms with E-state index in [-0.39, 0.29) is 0 Å². The van der Waals surface area contributed by atoms with E-state index in [2.05, 4.69) is 11.9 Å². The number of halogens is 2. The maximum Gasteiger partial charge on any atom is 0.243 e. The summed E-state index contributed by atoms with van der Waals surface area (Å²) in [5, 5.41) is 0.907. The molecule has 0 amide bonds. The molecule has 0 aliphatic carbocycles. The lowest BCUT2D eigenvalue weighted by molar-refractivity contribution is 0.288. The van der Waals surface area contributed by atoms with Crippen LogP contribution in [0.2, 0.25) is 10.0 Å². The van der Waals surface area contributed by atoms with Gasteiger partial charge >= 0.3 is 0 Å². The second-order valence-electron chi connectivity index (χ2n) is 6.48. The first kappa shape index (κ1) is 19.4. The highest BCUT2D eigenvalue weighted by atomic mass is 35.5. The van der Waals surface area contributed by atoms with Gasteiger partial charge in [-0.3, -0.25) is 4.99 Å². The second kappa shape index (κ2) is 8.09. The molecule has 1 saturated heterocycles. The molecule has 1 aliphatic heterocycles. The number of benzene rings is 2. The van der Waals surface area contributed by atoms with Crippen molar-refractivity contribution in [2.24, 2.45) is 10.9 Å². The monoisotopic (exact) mass is 410 g/mol. The molecule has 138 valence electrons. The summed E-state index contributed by atoms with van der Waals surface area (Å²) in [6.45, 7) is 3.32. The van der Waals surface area contributed by atoms with Gasteiger partial charge in [0, 0.05) is 24.9 Å². The molecule has 0 spiro atoms. The zero-order valence-electron chi connectivity index (χ0n) is 14.4. The topological polar surface area (TPSA) is 49.7 Å². The minimum absolute atomic E-state index is 0.298. The number of rotatable bonds is 4. The highest BCUT2D eigenvalue weighted by molar-refractivity contribution is 7.89. The zero-order valence-corrected chi connectivity index (χ0v) is 16.7. The Morgan fingerprint density at radius 2 is 1.73 bits per heavy atom. The second-order valence-corrected chi connectivity index (χ2v) is 9.20. The molecular formula is C19H20Cl2N2O2S. The maximum absolute atomic E-state index is 12.7. The average Bonchev–Trinajstić information content (AvgIpc) is 2.64. The van der Waals surface area contributed by atoms with Gasteiger partial charge < -0.3 is 0 Å². The minimum atomic E-state index is -3.44. The lowest BCUT2D eigenvalue weighted by Crippen LogP contribution is -2.37. The van der Waals surface area contributed by atoms with E-state index in [0.717, 1.165) is 12.8 Å². The number of piperidine rings is 1. The average molecular weight is 411 g/mol. The van der Waals surface area contributed by atoms with E-state index in [1.165, 1.54) is 0 Å². The highest BCUT2D eigenvalue weighted by Gasteiger charge is 2.27. The van der Waals surface area contributed by atoms with Crippen molar-refractivity contribution >= 4 is 45.1 Å². The van der Waals surface area contributed by atoms with Crippen molar-refractivity contribution in [3.05, 3.63) is 58.1 Å². The molecule has 1 aliphatic rings. The third-order valence-electron chi connectivity index (χ3n) is 4.55. The molecule has 0 saturated carbocycles. The molecule has 4 nitrogen and oxygen atoms in total. The van der Waals surface area contributed by atoms with Gasteiger partial charge in [0.05, 0.1) is 20.6 Å². The molecule has 1 heterocycles. The molecular weight excluding hydrogens is 391 g/mol. The van der Waals surface area contributed by atoms with E-state index >= 15 is 0 Å². The van der Waals surface area contributed by atoms with E-state index in [9.17, 15) is 8.42 Å². The predicted molar refractivity (Wildman–Crippen MR) is 107 cm³/mol. The minimum Gasteiger partial charge on any atom is -0.256 e. The molecule has 0 bridgehead atoms. The van der Waals surface area contributed by atoms with Crippen molar-refractivity contribution in [2.75, 3.05) is 13.1 Å². The van der Waals surface area contributed by atoms with Crippen LogP contribution in [0.5, 0.6) is 0 Å². The van der Waals surface area contributed by atoms with Crippen LogP contribution >= 0.6 is 23.2 Å². The Morgan fingerprint density at radius 3 is 2.38 bits per heavy atom. The molecule has 2 aromatic rings. The van der Waals surface area contributed by atoms with Gasteiger partial charge in [0.1, 0.15) is 0 Å². The van der Waals surface area contributed by atoms with Gasteiger partial charge in [-0.2, -0.15) is 4.31 Å². The van der Waals surface area contributed by atoms with Crippen molar-refractivity contribution in [3.63, 3.8) is 0 Å². The first-order valence-electron chi connectivity index (χ1n) is 8.46. The van der Waals surface area contributed by atoms with Crippen molar-refractivity contribution < 1.29 is 8.42 Å². The summed E-state index contributed by atoms with van der Waals surface area (Å²) in [6.07, 6.45) is 3.42. The van der Waals surface area contributed by atoms with Gasteiger partial charge in [-0.25, -0.2) is 8.42 Å². The van der Waals surface area contributed by atoms with E-state index in [1.807, 2.05) is 6.07 Å². The molecule has 1 fully saturated rings. The number of aliphatic imine (C=N–C) groups is 1. The van der Waals surface area contributed by atoms with Crippen LogP contribution in [-0.2, 0) is 10.0 Å². The summed E-state index contributed by atoms with van der Waals surface area (Å²) < 4.78 is 27.0. The van der Waals surface area contributed by atoms with Gasteiger partial charge in [-0.05, 0) is 49.1 Å². The van der Waals surface area contributed by atoms with Crippen LogP contribution < -0.4 is 0 Å². The lowest BCUT2D eigenvalue weighted by atomic mass is 10.0. The molecule has 0 unspecified atom stereocenters. The Morgan fingerprint density at radius 1 is 1.08 bits per heavy atom. The van der Waals surface area contributed by atoms with Crippen LogP contribution in [0, 0.1) is 5.92 Å². The fourth-order valence-electron chi connectivity index (χ4n) is 2.84. The number of nitrogens with zero attached hydrogens (tertiary/aromatic N) is 2. The summed E-state index contributed by atoms with van der Waals surface area (Å²) in [5.74, 6) is 0.580. The first-order chi connectivity index (χ1) is 12.4. The quantitative estimate of drug-likeness (QED) is 0.653. The van der Waals surface area contributed by atoms with E-state index in [0.29, 0.717) is 45.2 Å². The van der Waals surface area contributed by atoms with Gasteiger partial charge in [-0.1, -0.05) is 42.3 Å². The molecule has 0 aromatic heterocycles. The van der Waals surface area contributed by atoms with Crippen LogP contribution in [0.25, 0.3) is 0 Å². The standard InChI is InChI=1S/C19H20Cl2N2O2S/c1-14-9-11-23(12-10-14)26(24,25)17-7-5-16(6-8-17)22-13-15-3-2-4-18(20)19(15)21/h2-8,13-14H,9-12H2,1H3. The molecule has 3 rings (SSSR count). The Bertz CT molecular complexity index is 904. The third kappa shape index (κ3) is 4.29. The van der Waals surface area contributed by atoms with Crippen molar-refractivity contribution in [3.8, 4) is 0 Å². The molecule has 26 heavy (non-hydrogen) atoms. The SMILES string of the molecule is CC1CCN(S(=O)(=O)c2ccc(N=Cc3cccc(Cl)c3Cl)cc2)CC1. The smallest absolute Gasteiger partial charge is 0.243 e. The third-order valence-corrected chi connectivity index (χ3v) is 7.30. The van der Waals surface area contributed by atoms with Crippen molar-refractivity contribution in [1.29, 1.82) is 0 Å². The Labute approximate surface area is 164 Å². The first-order valence-corrected chi connectivity index (χ1v) is 10.7. The summed E-state index contributed by atoms with van der Waals surface area (Å²) in [5.41, 5.74) is 1.35. The summed E-state index contributed by atoms with van der Waals surface area (Å²) in [4.78, 5) is 4.65. The Hall–Kier alpha value is -1.40. The van der Waals surface area contributed by atoms with Gasteiger partial charge in [0.2, 0.25) is 10.0 Å². The molecule has 7 heteroatoms. The number of hydrogen-bond acceptors (Lipinski definition) is 3. The fraction of sp³-hybridized carbons (Fsp3) is 0.316. The fourth-order valence-corrected chi connectivity index (χ4v) is 4.67. The van der Waals surface area contributed by atoms with E-state index in [1.54, 1.807) is 46.9 Å². The van der Waals surface area contributed by atoms with Gasteiger partial charge in [0.15, 0.2) is 0 Å². The van der Waals surface area contributed by atoms with Crippen LogP contribution in [0.4, 0.5) is 5.69 Å². The van der Waals surface area contributed by atoms with Crippen LogP contribution in [0.3, 0.4) is 0 Å². The molecule has 0 N–H and O–H groups in total. The zero-order chi connectivity index (χ0) is 18.7. The normalized spacial score (nSPS) is 17.0. The highest BCUT2D eigenvalue weighted by Crippen LogP contribution is 2.26. The molecule has 0 atom stereocenters. The van der Waals surface area contributed by atoms with Crippen molar-refractivity contribution in [2.45, 2.75) is 24.7 Å². The van der Waals surface area contributed by atoms with Crippen molar-refractivity contribution in [1.82, 2.24) is 4.31 Å². The Kier molecular flexibility index (Phi) is 6.03.